The zero-order valence-electron chi connectivity index (χ0n) is 9.07. The van der Waals surface area contributed by atoms with Crippen LogP contribution in [0, 0.1) is 0 Å². The highest BCUT2D eigenvalue weighted by Gasteiger charge is 2.04. The van der Waals surface area contributed by atoms with Gasteiger partial charge in [-0.15, -0.1) is 0 Å². The number of nitrogens with one attached hydrogen (secondary N) is 1. The molecular formula is C12H16N2O2. The molecule has 0 aliphatic carbocycles. The maximum Gasteiger partial charge on any atom is 0.120 e. The van der Waals surface area contributed by atoms with Crippen LogP contribution in [0.4, 0.5) is 0 Å². The quantitative estimate of drug-likeness (QED) is 0.705. The van der Waals surface area contributed by atoms with Crippen LogP contribution in [-0.2, 0) is 6.42 Å². The van der Waals surface area contributed by atoms with Gasteiger partial charge in [0, 0.05) is 17.1 Å². The van der Waals surface area contributed by atoms with Crippen LogP contribution in [-0.4, -0.2) is 29.8 Å². The SMILES string of the molecule is NCCc1c[nH]c2ccc(OCCO)cc12. The molecule has 0 unspecified atom stereocenters. The summed E-state index contributed by atoms with van der Waals surface area (Å²) >= 11 is 0. The van der Waals surface area contributed by atoms with Crippen LogP contribution in [0.25, 0.3) is 10.9 Å². The molecule has 0 fully saturated rings. The minimum absolute atomic E-state index is 0.0286. The molecule has 0 aliphatic heterocycles. The van der Waals surface area contributed by atoms with Crippen molar-refractivity contribution in [3.8, 4) is 5.75 Å². The van der Waals surface area contributed by atoms with Gasteiger partial charge in [-0.3, -0.25) is 0 Å². The van der Waals surface area contributed by atoms with E-state index in [1.807, 2.05) is 24.4 Å². The van der Waals surface area contributed by atoms with Gasteiger partial charge >= 0.3 is 0 Å². The molecule has 0 atom stereocenters. The average Bonchev–Trinajstić information content (AvgIpc) is 2.70. The first-order valence-electron chi connectivity index (χ1n) is 5.39. The van der Waals surface area contributed by atoms with Gasteiger partial charge in [0.05, 0.1) is 6.61 Å². The zero-order valence-corrected chi connectivity index (χ0v) is 9.07. The lowest BCUT2D eigenvalue weighted by atomic mass is 10.1. The number of fused-ring (bicyclic) bond motifs is 1. The largest absolute Gasteiger partial charge is 0.491 e. The molecule has 1 aromatic heterocycles. The molecule has 2 rings (SSSR count). The Hall–Kier alpha value is -1.52. The summed E-state index contributed by atoms with van der Waals surface area (Å²) < 4.78 is 5.37. The highest BCUT2D eigenvalue weighted by atomic mass is 16.5. The first kappa shape index (κ1) is 11.0. The van der Waals surface area contributed by atoms with E-state index >= 15 is 0 Å². The Balaban J connectivity index is 2.30. The van der Waals surface area contributed by atoms with Gasteiger partial charge in [-0.1, -0.05) is 0 Å². The zero-order chi connectivity index (χ0) is 11.4. The second kappa shape index (κ2) is 5.01. The number of nitrogens with two attached hydrogens (primary N) is 1. The minimum Gasteiger partial charge on any atom is -0.491 e. The topological polar surface area (TPSA) is 71.3 Å². The van der Waals surface area contributed by atoms with Gasteiger partial charge in [-0.2, -0.15) is 0 Å². The van der Waals surface area contributed by atoms with Gasteiger partial charge in [0.2, 0.25) is 0 Å². The predicted octanol–water partition coefficient (Wildman–Crippen LogP) is 1.04. The monoisotopic (exact) mass is 220 g/mol. The fraction of sp³-hybridized carbons (Fsp3) is 0.333. The summed E-state index contributed by atoms with van der Waals surface area (Å²) in [6, 6.07) is 5.84. The summed E-state index contributed by atoms with van der Waals surface area (Å²) in [5.74, 6) is 0.777. The highest BCUT2D eigenvalue weighted by Crippen LogP contribution is 2.23. The van der Waals surface area contributed by atoms with Gasteiger partial charge in [0.15, 0.2) is 0 Å². The smallest absolute Gasteiger partial charge is 0.120 e. The fourth-order valence-corrected chi connectivity index (χ4v) is 1.77. The second-order valence-corrected chi connectivity index (χ2v) is 3.63. The molecule has 0 aliphatic rings. The third kappa shape index (κ3) is 2.18. The van der Waals surface area contributed by atoms with Crippen molar-refractivity contribution in [2.45, 2.75) is 6.42 Å². The fourth-order valence-electron chi connectivity index (χ4n) is 1.77. The first-order valence-corrected chi connectivity index (χ1v) is 5.39. The van der Waals surface area contributed by atoms with Gasteiger partial charge in [-0.25, -0.2) is 0 Å². The van der Waals surface area contributed by atoms with Crippen LogP contribution in [0.2, 0.25) is 0 Å². The van der Waals surface area contributed by atoms with E-state index in [0.29, 0.717) is 13.2 Å². The molecule has 0 bridgehead atoms. The van der Waals surface area contributed by atoms with Crippen LogP contribution >= 0.6 is 0 Å². The van der Waals surface area contributed by atoms with E-state index in [9.17, 15) is 0 Å². The molecule has 4 N–H and O–H groups in total. The molecule has 16 heavy (non-hydrogen) atoms. The summed E-state index contributed by atoms with van der Waals surface area (Å²) in [7, 11) is 0. The molecule has 0 radical (unpaired) electrons. The van der Waals surface area contributed by atoms with Gasteiger partial charge in [-0.05, 0) is 36.7 Å². The number of benzene rings is 1. The molecule has 4 heteroatoms. The summed E-state index contributed by atoms with van der Waals surface area (Å²) in [5, 5.41) is 9.83. The van der Waals surface area contributed by atoms with Gasteiger partial charge < -0.3 is 20.6 Å². The first-order chi connectivity index (χ1) is 7.85. The van der Waals surface area contributed by atoms with E-state index in [4.69, 9.17) is 15.6 Å². The number of ether oxygens (including phenoxy) is 1. The number of aromatic amines is 1. The van der Waals surface area contributed by atoms with Gasteiger partial charge in [0.25, 0.3) is 0 Å². The molecule has 1 aromatic carbocycles. The molecule has 1 heterocycles. The summed E-state index contributed by atoms with van der Waals surface area (Å²) in [6.07, 6.45) is 2.83. The van der Waals surface area contributed by atoms with Crippen molar-refractivity contribution in [3.05, 3.63) is 30.0 Å². The Morgan fingerprint density at radius 3 is 3.00 bits per heavy atom. The summed E-state index contributed by atoms with van der Waals surface area (Å²) in [5.41, 5.74) is 7.83. The van der Waals surface area contributed by atoms with Crippen molar-refractivity contribution >= 4 is 10.9 Å². The number of hydrogen-bond acceptors (Lipinski definition) is 3. The van der Waals surface area contributed by atoms with Crippen molar-refractivity contribution < 1.29 is 9.84 Å². The third-order valence-electron chi connectivity index (χ3n) is 2.51. The number of aliphatic hydroxyl groups is 1. The Morgan fingerprint density at radius 2 is 2.25 bits per heavy atom. The number of H-pyrrole nitrogens is 1. The maximum atomic E-state index is 8.69. The normalized spacial score (nSPS) is 10.9. The number of rotatable bonds is 5. The lowest BCUT2D eigenvalue weighted by Crippen LogP contribution is -2.02. The Morgan fingerprint density at radius 1 is 1.38 bits per heavy atom. The van der Waals surface area contributed by atoms with E-state index in [2.05, 4.69) is 4.98 Å². The average molecular weight is 220 g/mol. The molecule has 0 saturated heterocycles. The molecule has 0 saturated carbocycles. The van der Waals surface area contributed by atoms with Crippen molar-refractivity contribution in [2.24, 2.45) is 5.73 Å². The lowest BCUT2D eigenvalue weighted by Gasteiger charge is -2.04. The van der Waals surface area contributed by atoms with E-state index in [1.54, 1.807) is 0 Å². The van der Waals surface area contributed by atoms with Crippen LogP contribution in [0.1, 0.15) is 5.56 Å². The predicted molar refractivity (Wildman–Crippen MR) is 63.6 cm³/mol. The molecular weight excluding hydrogens is 204 g/mol. The Kier molecular flexibility index (Phi) is 3.44. The molecule has 2 aromatic rings. The molecule has 0 spiro atoms. The van der Waals surface area contributed by atoms with Crippen molar-refractivity contribution in [1.29, 1.82) is 0 Å². The minimum atomic E-state index is 0.0286. The number of aliphatic hydroxyl groups excluding tert-OH is 1. The van der Waals surface area contributed by atoms with Crippen LogP contribution in [0.5, 0.6) is 5.75 Å². The maximum absolute atomic E-state index is 8.69. The molecule has 4 nitrogen and oxygen atoms in total. The summed E-state index contributed by atoms with van der Waals surface area (Å²) in [4.78, 5) is 3.20. The van der Waals surface area contributed by atoms with Crippen molar-refractivity contribution in [1.82, 2.24) is 4.98 Å². The lowest BCUT2D eigenvalue weighted by molar-refractivity contribution is 0.201. The molecule has 0 amide bonds. The van der Waals surface area contributed by atoms with E-state index < -0.39 is 0 Å². The van der Waals surface area contributed by atoms with E-state index in [0.717, 1.165) is 23.1 Å². The second-order valence-electron chi connectivity index (χ2n) is 3.63. The van der Waals surface area contributed by atoms with Crippen LogP contribution < -0.4 is 10.5 Å². The Labute approximate surface area is 94.0 Å². The molecule has 86 valence electrons. The number of aromatic nitrogens is 1. The van der Waals surface area contributed by atoms with E-state index in [-0.39, 0.29) is 6.61 Å². The van der Waals surface area contributed by atoms with E-state index in [1.165, 1.54) is 5.56 Å². The van der Waals surface area contributed by atoms with Gasteiger partial charge in [0.1, 0.15) is 12.4 Å². The van der Waals surface area contributed by atoms with Crippen LogP contribution in [0.15, 0.2) is 24.4 Å². The third-order valence-corrected chi connectivity index (χ3v) is 2.51. The summed E-state index contributed by atoms with van der Waals surface area (Å²) in [6.45, 7) is 0.984. The highest BCUT2D eigenvalue weighted by molar-refractivity contribution is 5.84. The van der Waals surface area contributed by atoms with Crippen molar-refractivity contribution in [2.75, 3.05) is 19.8 Å². The van der Waals surface area contributed by atoms with Crippen molar-refractivity contribution in [3.63, 3.8) is 0 Å². The Bertz CT molecular complexity index is 465. The standard InChI is InChI=1S/C12H16N2O2/c13-4-3-9-8-14-12-2-1-10(7-11(9)12)16-6-5-15/h1-2,7-8,14-15H,3-6,13H2. The number of hydrogen-bond donors (Lipinski definition) is 3. The van der Waals surface area contributed by atoms with Crippen LogP contribution in [0.3, 0.4) is 0 Å².